The monoisotopic (exact) mass is 366 g/mol. The number of ether oxygens (including phenoxy) is 1. The summed E-state index contributed by atoms with van der Waals surface area (Å²) in [7, 11) is 1.30. The van der Waals surface area contributed by atoms with Crippen molar-refractivity contribution >= 4 is 23.5 Å². The van der Waals surface area contributed by atoms with Crippen molar-refractivity contribution in [3.05, 3.63) is 65.2 Å². The Labute approximate surface area is 157 Å². The highest BCUT2D eigenvalue weighted by molar-refractivity contribution is 6.00. The Hall–Kier alpha value is -3.15. The normalized spacial score (nSPS) is 17.7. The molecule has 1 fully saturated rings. The van der Waals surface area contributed by atoms with E-state index in [4.69, 9.17) is 0 Å². The first-order valence-corrected chi connectivity index (χ1v) is 8.80. The van der Waals surface area contributed by atoms with Crippen molar-refractivity contribution in [2.45, 2.75) is 19.9 Å². The largest absolute Gasteiger partial charge is 0.465 e. The Morgan fingerprint density at radius 1 is 1.04 bits per heavy atom. The number of aryl methyl sites for hydroxylation is 1. The molecule has 2 aromatic carbocycles. The van der Waals surface area contributed by atoms with Crippen LogP contribution < -0.4 is 10.6 Å². The van der Waals surface area contributed by atoms with E-state index >= 15 is 0 Å². The zero-order valence-electron chi connectivity index (χ0n) is 15.3. The number of methoxy groups -OCH3 is 1. The minimum atomic E-state index is -0.467. The number of benzene rings is 2. The SMILES string of the molecule is COC(=O)c1cccc(NC(=O)C2CC2C(=O)NCc2ccc(C)cc2)c1. The van der Waals surface area contributed by atoms with Gasteiger partial charge in [-0.05, 0) is 37.1 Å². The summed E-state index contributed by atoms with van der Waals surface area (Å²) in [6.45, 7) is 2.46. The molecule has 0 aliphatic heterocycles. The van der Waals surface area contributed by atoms with Gasteiger partial charge in [-0.2, -0.15) is 0 Å². The van der Waals surface area contributed by atoms with Crippen LogP contribution in [-0.2, 0) is 20.9 Å². The molecule has 0 heterocycles. The van der Waals surface area contributed by atoms with Crippen molar-refractivity contribution in [2.75, 3.05) is 12.4 Å². The average molecular weight is 366 g/mol. The van der Waals surface area contributed by atoms with Crippen LogP contribution in [0.2, 0.25) is 0 Å². The van der Waals surface area contributed by atoms with Crippen LogP contribution in [0.1, 0.15) is 27.9 Å². The maximum absolute atomic E-state index is 12.3. The Morgan fingerprint density at radius 2 is 1.74 bits per heavy atom. The van der Waals surface area contributed by atoms with Gasteiger partial charge in [-0.3, -0.25) is 9.59 Å². The van der Waals surface area contributed by atoms with E-state index in [1.807, 2.05) is 31.2 Å². The zero-order valence-corrected chi connectivity index (χ0v) is 15.3. The second-order valence-corrected chi connectivity index (χ2v) is 6.71. The molecule has 3 rings (SSSR count). The van der Waals surface area contributed by atoms with Gasteiger partial charge >= 0.3 is 5.97 Å². The highest BCUT2D eigenvalue weighted by atomic mass is 16.5. The van der Waals surface area contributed by atoms with Gasteiger partial charge in [0.1, 0.15) is 0 Å². The van der Waals surface area contributed by atoms with Gasteiger partial charge < -0.3 is 15.4 Å². The number of carbonyl (C=O) groups is 3. The van der Waals surface area contributed by atoms with Gasteiger partial charge in [0.15, 0.2) is 0 Å². The van der Waals surface area contributed by atoms with Crippen LogP contribution in [0, 0.1) is 18.8 Å². The van der Waals surface area contributed by atoms with Crippen LogP contribution in [0.4, 0.5) is 5.69 Å². The van der Waals surface area contributed by atoms with Gasteiger partial charge in [0.05, 0.1) is 24.5 Å². The highest BCUT2D eigenvalue weighted by Gasteiger charge is 2.47. The predicted octanol–water partition coefficient (Wildman–Crippen LogP) is 2.67. The number of amides is 2. The molecule has 2 amide bonds. The third-order valence-electron chi connectivity index (χ3n) is 4.60. The number of nitrogens with one attached hydrogen (secondary N) is 2. The molecule has 1 saturated carbocycles. The second kappa shape index (κ2) is 8.03. The minimum Gasteiger partial charge on any atom is -0.465 e. The summed E-state index contributed by atoms with van der Waals surface area (Å²) < 4.78 is 4.67. The highest BCUT2D eigenvalue weighted by Crippen LogP contribution is 2.39. The number of hydrogen-bond acceptors (Lipinski definition) is 4. The van der Waals surface area contributed by atoms with Crippen LogP contribution in [0.3, 0.4) is 0 Å². The van der Waals surface area contributed by atoms with Crippen LogP contribution in [0.15, 0.2) is 48.5 Å². The summed E-state index contributed by atoms with van der Waals surface area (Å²) in [5.74, 6) is -1.44. The fourth-order valence-electron chi connectivity index (χ4n) is 2.88. The lowest BCUT2D eigenvalue weighted by atomic mass is 10.1. The summed E-state index contributed by atoms with van der Waals surface area (Å²) in [6.07, 6.45) is 0.530. The molecule has 140 valence electrons. The molecular formula is C21H22N2O4. The van der Waals surface area contributed by atoms with Gasteiger partial charge in [0.2, 0.25) is 11.8 Å². The number of esters is 1. The minimum absolute atomic E-state index is 0.112. The molecule has 2 unspecified atom stereocenters. The molecular weight excluding hydrogens is 344 g/mol. The summed E-state index contributed by atoms with van der Waals surface area (Å²) in [5, 5.41) is 5.64. The number of carbonyl (C=O) groups excluding carboxylic acids is 3. The topological polar surface area (TPSA) is 84.5 Å². The number of anilines is 1. The molecule has 2 aromatic rings. The number of rotatable bonds is 6. The Balaban J connectivity index is 1.50. The standard InChI is InChI=1S/C21H22N2O4/c1-13-6-8-14(9-7-13)12-22-19(24)17-11-18(17)20(25)23-16-5-3-4-15(10-16)21(26)27-2/h3-10,17-18H,11-12H2,1-2H3,(H,22,24)(H,23,25). The van der Waals surface area contributed by atoms with E-state index in [-0.39, 0.29) is 23.7 Å². The third kappa shape index (κ3) is 4.73. The van der Waals surface area contributed by atoms with Crippen molar-refractivity contribution in [3.63, 3.8) is 0 Å². The molecule has 0 spiro atoms. The molecule has 6 heteroatoms. The van der Waals surface area contributed by atoms with Crippen LogP contribution in [0.5, 0.6) is 0 Å². The van der Waals surface area contributed by atoms with E-state index in [0.717, 1.165) is 5.56 Å². The lowest BCUT2D eigenvalue weighted by Crippen LogP contribution is -2.27. The zero-order chi connectivity index (χ0) is 19.4. The molecule has 0 saturated heterocycles. The molecule has 1 aliphatic carbocycles. The van der Waals surface area contributed by atoms with Gasteiger partial charge in [0, 0.05) is 12.2 Å². The predicted molar refractivity (Wildman–Crippen MR) is 101 cm³/mol. The summed E-state index contributed by atoms with van der Waals surface area (Å²) in [6, 6.07) is 14.5. The lowest BCUT2D eigenvalue weighted by Gasteiger charge is -2.07. The van der Waals surface area contributed by atoms with Gasteiger partial charge in [0.25, 0.3) is 0 Å². The van der Waals surface area contributed by atoms with Crippen molar-refractivity contribution in [3.8, 4) is 0 Å². The summed E-state index contributed by atoms with van der Waals surface area (Å²) >= 11 is 0. The number of hydrogen-bond donors (Lipinski definition) is 2. The first-order chi connectivity index (χ1) is 13.0. The molecule has 2 N–H and O–H groups in total. The van der Waals surface area contributed by atoms with Gasteiger partial charge in [-0.25, -0.2) is 4.79 Å². The molecule has 2 atom stereocenters. The van der Waals surface area contributed by atoms with Crippen LogP contribution in [-0.4, -0.2) is 24.9 Å². The molecule has 0 bridgehead atoms. The van der Waals surface area contributed by atoms with Crippen LogP contribution in [0.25, 0.3) is 0 Å². The van der Waals surface area contributed by atoms with E-state index in [1.165, 1.54) is 12.7 Å². The fraction of sp³-hybridized carbons (Fsp3) is 0.286. The molecule has 0 aromatic heterocycles. The van der Waals surface area contributed by atoms with E-state index in [9.17, 15) is 14.4 Å². The summed E-state index contributed by atoms with van der Waals surface area (Å²) in [5.41, 5.74) is 3.06. The Bertz CT molecular complexity index is 861. The maximum atomic E-state index is 12.3. The molecule has 27 heavy (non-hydrogen) atoms. The van der Waals surface area contributed by atoms with Crippen molar-refractivity contribution in [2.24, 2.45) is 11.8 Å². The van der Waals surface area contributed by atoms with Gasteiger partial charge in [-0.1, -0.05) is 35.9 Å². The fourth-order valence-corrected chi connectivity index (χ4v) is 2.88. The quantitative estimate of drug-likeness (QED) is 0.770. The summed E-state index contributed by atoms with van der Waals surface area (Å²) in [4.78, 5) is 36.1. The van der Waals surface area contributed by atoms with E-state index in [2.05, 4.69) is 15.4 Å². The molecule has 6 nitrogen and oxygen atoms in total. The van der Waals surface area contributed by atoms with E-state index < -0.39 is 5.97 Å². The van der Waals surface area contributed by atoms with Crippen molar-refractivity contribution in [1.29, 1.82) is 0 Å². The average Bonchev–Trinajstić information content (AvgIpc) is 3.48. The Kier molecular flexibility index (Phi) is 5.54. The first kappa shape index (κ1) is 18.6. The first-order valence-electron chi connectivity index (χ1n) is 8.80. The van der Waals surface area contributed by atoms with E-state index in [1.54, 1.807) is 24.3 Å². The van der Waals surface area contributed by atoms with E-state index in [0.29, 0.717) is 24.2 Å². The lowest BCUT2D eigenvalue weighted by molar-refractivity contribution is -0.125. The van der Waals surface area contributed by atoms with Gasteiger partial charge in [-0.15, -0.1) is 0 Å². The Morgan fingerprint density at radius 3 is 2.44 bits per heavy atom. The van der Waals surface area contributed by atoms with Crippen LogP contribution >= 0.6 is 0 Å². The molecule has 1 aliphatic rings. The molecule has 0 radical (unpaired) electrons. The second-order valence-electron chi connectivity index (χ2n) is 6.71. The van der Waals surface area contributed by atoms with Crippen molar-refractivity contribution < 1.29 is 19.1 Å². The maximum Gasteiger partial charge on any atom is 0.337 e. The smallest absolute Gasteiger partial charge is 0.337 e. The third-order valence-corrected chi connectivity index (χ3v) is 4.60. The van der Waals surface area contributed by atoms with Crippen molar-refractivity contribution in [1.82, 2.24) is 5.32 Å².